The van der Waals surface area contributed by atoms with Crippen molar-refractivity contribution >= 4 is 23.3 Å². The van der Waals surface area contributed by atoms with Gasteiger partial charge >= 0.3 is 6.09 Å². The number of anilines is 1. The highest BCUT2D eigenvalue weighted by atomic mass is 16.6. The quantitative estimate of drug-likeness (QED) is 0.864. The summed E-state index contributed by atoms with van der Waals surface area (Å²) in [5, 5.41) is 7.39. The number of aryl methyl sites for hydroxylation is 1. The van der Waals surface area contributed by atoms with Gasteiger partial charge in [0.05, 0.1) is 17.6 Å². The van der Waals surface area contributed by atoms with Crippen LogP contribution in [0.5, 0.6) is 0 Å². The van der Waals surface area contributed by atoms with Gasteiger partial charge in [0, 0.05) is 13.1 Å². The molecule has 8 heteroatoms. The van der Waals surface area contributed by atoms with Crippen LogP contribution in [0, 0.1) is 6.92 Å². The molecule has 0 radical (unpaired) electrons. The van der Waals surface area contributed by atoms with Crippen LogP contribution in [0.3, 0.4) is 0 Å². The number of imidazole rings is 1. The molecule has 0 saturated heterocycles. The fourth-order valence-corrected chi connectivity index (χ4v) is 2.71. The normalized spacial score (nSPS) is 14.0. The number of nitrogens with zero attached hydrogens (tertiary/aromatic N) is 4. The lowest BCUT2D eigenvalue weighted by atomic mass is 9.93. The van der Waals surface area contributed by atoms with Crippen molar-refractivity contribution in [3.8, 4) is 0 Å². The third-order valence-electron chi connectivity index (χ3n) is 4.27. The number of hydrogen-bond donors (Lipinski definition) is 1. The third kappa shape index (κ3) is 4.79. The van der Waals surface area contributed by atoms with E-state index in [1.807, 2.05) is 34.6 Å². The fraction of sp³-hybridized carbons (Fsp3) is 0.600. The topological polar surface area (TPSA) is 88.8 Å². The van der Waals surface area contributed by atoms with E-state index in [4.69, 9.17) is 4.74 Å². The van der Waals surface area contributed by atoms with Gasteiger partial charge in [-0.2, -0.15) is 5.10 Å². The van der Waals surface area contributed by atoms with Crippen LogP contribution < -0.4 is 10.2 Å². The monoisotopic (exact) mass is 389 g/mol. The molecule has 0 unspecified atom stereocenters. The Morgan fingerprint density at radius 1 is 1.29 bits per heavy atom. The molecule has 0 aliphatic heterocycles. The molecule has 0 aromatic carbocycles. The Hall–Kier alpha value is -2.64. The lowest BCUT2D eigenvalue weighted by molar-refractivity contribution is 0.0589. The highest BCUT2D eigenvalue weighted by molar-refractivity contribution is 5.96. The molecule has 1 fully saturated rings. The highest BCUT2D eigenvalue weighted by Crippen LogP contribution is 2.24. The first-order valence-electron chi connectivity index (χ1n) is 9.78. The van der Waals surface area contributed by atoms with E-state index < -0.39 is 11.7 Å². The van der Waals surface area contributed by atoms with Crippen molar-refractivity contribution in [2.24, 2.45) is 0 Å². The average molecular weight is 390 g/mol. The first-order valence-corrected chi connectivity index (χ1v) is 9.78. The number of rotatable bonds is 3. The van der Waals surface area contributed by atoms with Crippen LogP contribution in [0.15, 0.2) is 12.3 Å². The van der Waals surface area contributed by atoms with E-state index in [0.717, 1.165) is 19.3 Å². The summed E-state index contributed by atoms with van der Waals surface area (Å²) < 4.78 is 6.91. The van der Waals surface area contributed by atoms with Gasteiger partial charge in [-0.1, -0.05) is 13.8 Å². The standard InChI is InChI=1S/C18H25N5O3.C2H6/c1-11-9-13(22(5)17(25)26-18(2,3)4)15-19-10-14(23(15)21-11)16(24)20-12-7-6-8-12;1-2/h9-10,12H,6-8H2,1-5H3,(H,20,24);1-2H3. The Balaban J connectivity index is 0.00000136. The summed E-state index contributed by atoms with van der Waals surface area (Å²) in [6, 6.07) is 1.97. The second kappa shape index (κ2) is 8.58. The maximum Gasteiger partial charge on any atom is 0.414 e. The molecule has 0 spiro atoms. The van der Waals surface area contributed by atoms with E-state index in [9.17, 15) is 9.59 Å². The third-order valence-corrected chi connectivity index (χ3v) is 4.27. The summed E-state index contributed by atoms with van der Waals surface area (Å²) in [6.45, 7) is 11.2. The molecule has 8 nitrogen and oxygen atoms in total. The Bertz CT molecular complexity index is 849. The van der Waals surface area contributed by atoms with Crippen molar-refractivity contribution in [3.63, 3.8) is 0 Å². The van der Waals surface area contributed by atoms with Gasteiger partial charge in [-0.15, -0.1) is 0 Å². The van der Waals surface area contributed by atoms with Gasteiger partial charge in [0.15, 0.2) is 11.3 Å². The molecule has 2 aromatic rings. The van der Waals surface area contributed by atoms with Gasteiger partial charge in [0.1, 0.15) is 5.60 Å². The van der Waals surface area contributed by atoms with Crippen LogP contribution in [0.25, 0.3) is 5.65 Å². The SMILES string of the molecule is CC.Cc1cc(N(C)C(=O)OC(C)(C)C)c2ncc(C(=O)NC3CCC3)n2n1. The number of aromatic nitrogens is 3. The maximum atomic E-state index is 12.5. The molecule has 2 heterocycles. The molecule has 1 saturated carbocycles. The molecule has 154 valence electrons. The second-order valence-corrected chi connectivity index (χ2v) is 7.69. The minimum atomic E-state index is -0.604. The minimum absolute atomic E-state index is 0.203. The minimum Gasteiger partial charge on any atom is -0.443 e. The van der Waals surface area contributed by atoms with E-state index in [0.29, 0.717) is 22.7 Å². The van der Waals surface area contributed by atoms with Gasteiger partial charge in [-0.3, -0.25) is 9.69 Å². The lowest BCUT2D eigenvalue weighted by Gasteiger charge is -2.26. The molecule has 0 bridgehead atoms. The number of ether oxygens (including phenoxy) is 1. The van der Waals surface area contributed by atoms with Crippen molar-refractivity contribution in [3.05, 3.63) is 23.7 Å². The predicted octanol–water partition coefficient (Wildman–Crippen LogP) is 3.72. The van der Waals surface area contributed by atoms with Gasteiger partial charge in [-0.25, -0.2) is 14.3 Å². The zero-order chi connectivity index (χ0) is 21.1. The van der Waals surface area contributed by atoms with Crippen molar-refractivity contribution in [1.82, 2.24) is 19.9 Å². The molecule has 1 N–H and O–H groups in total. The van der Waals surface area contributed by atoms with Crippen LogP contribution in [0.2, 0.25) is 0 Å². The summed E-state index contributed by atoms with van der Waals surface area (Å²) >= 11 is 0. The lowest BCUT2D eigenvalue weighted by Crippen LogP contribution is -2.40. The molecule has 28 heavy (non-hydrogen) atoms. The van der Waals surface area contributed by atoms with Crippen molar-refractivity contribution in [2.45, 2.75) is 72.4 Å². The summed E-state index contributed by atoms with van der Waals surface area (Å²) in [5.41, 5.74) is 1.39. The number of carbonyl (C=O) groups is 2. The van der Waals surface area contributed by atoms with Gasteiger partial charge in [0.2, 0.25) is 0 Å². The zero-order valence-corrected chi connectivity index (χ0v) is 17.9. The van der Waals surface area contributed by atoms with Crippen LogP contribution in [-0.2, 0) is 4.74 Å². The van der Waals surface area contributed by atoms with Crippen LogP contribution in [0.4, 0.5) is 10.5 Å². The molecular weight excluding hydrogens is 358 g/mol. The Kier molecular flexibility index (Phi) is 6.64. The summed E-state index contributed by atoms with van der Waals surface area (Å²) in [7, 11) is 1.62. The number of nitrogens with one attached hydrogen (secondary N) is 1. The van der Waals surface area contributed by atoms with Crippen molar-refractivity contribution in [1.29, 1.82) is 0 Å². The van der Waals surface area contributed by atoms with Crippen LogP contribution in [0.1, 0.15) is 70.1 Å². The molecule has 1 aliphatic rings. The number of hydrogen-bond acceptors (Lipinski definition) is 5. The molecule has 0 atom stereocenters. The van der Waals surface area contributed by atoms with Crippen LogP contribution in [-0.4, -0.2) is 45.3 Å². The van der Waals surface area contributed by atoms with Gasteiger partial charge in [-0.05, 0) is 53.0 Å². The Morgan fingerprint density at radius 3 is 2.46 bits per heavy atom. The first-order chi connectivity index (χ1) is 13.2. The fourth-order valence-electron chi connectivity index (χ4n) is 2.71. The number of amides is 2. The Labute approximate surface area is 166 Å². The largest absolute Gasteiger partial charge is 0.443 e. The molecule has 2 amide bonds. The second-order valence-electron chi connectivity index (χ2n) is 7.69. The molecule has 1 aliphatic carbocycles. The van der Waals surface area contributed by atoms with E-state index >= 15 is 0 Å². The van der Waals surface area contributed by atoms with Gasteiger partial charge in [0.25, 0.3) is 5.91 Å². The predicted molar refractivity (Wildman–Crippen MR) is 109 cm³/mol. The van der Waals surface area contributed by atoms with Crippen LogP contribution >= 0.6 is 0 Å². The van der Waals surface area contributed by atoms with Crippen molar-refractivity contribution in [2.75, 3.05) is 11.9 Å². The molecule has 2 aromatic heterocycles. The number of carbonyl (C=O) groups excluding carboxylic acids is 2. The first kappa shape index (κ1) is 21.7. The molecular formula is C20H31N5O3. The maximum absolute atomic E-state index is 12.5. The molecule has 3 rings (SSSR count). The Morgan fingerprint density at radius 2 is 1.93 bits per heavy atom. The highest BCUT2D eigenvalue weighted by Gasteiger charge is 2.26. The summed E-state index contributed by atoms with van der Waals surface area (Å²) in [4.78, 5) is 30.6. The smallest absolute Gasteiger partial charge is 0.414 e. The summed E-state index contributed by atoms with van der Waals surface area (Å²) in [5.74, 6) is -0.203. The van der Waals surface area contributed by atoms with E-state index in [-0.39, 0.29) is 11.9 Å². The van der Waals surface area contributed by atoms with Gasteiger partial charge < -0.3 is 10.1 Å². The summed E-state index contributed by atoms with van der Waals surface area (Å²) in [6.07, 6.45) is 4.14. The van der Waals surface area contributed by atoms with E-state index in [2.05, 4.69) is 15.4 Å². The number of fused-ring (bicyclic) bond motifs is 1. The van der Waals surface area contributed by atoms with Crippen molar-refractivity contribution < 1.29 is 14.3 Å². The van der Waals surface area contributed by atoms with E-state index in [1.54, 1.807) is 20.0 Å². The zero-order valence-electron chi connectivity index (χ0n) is 17.9. The average Bonchev–Trinajstić information content (AvgIpc) is 3.00. The van der Waals surface area contributed by atoms with E-state index in [1.165, 1.54) is 15.6 Å².